The fourth-order valence-electron chi connectivity index (χ4n) is 3.15. The summed E-state index contributed by atoms with van der Waals surface area (Å²) in [5, 5.41) is 6.25. The van der Waals surface area contributed by atoms with E-state index in [0.29, 0.717) is 18.5 Å². The molecule has 0 bridgehead atoms. The second-order valence-electron chi connectivity index (χ2n) is 6.39. The maximum Gasteiger partial charge on any atom is 0.393 e. The van der Waals surface area contributed by atoms with E-state index in [1.54, 1.807) is 24.3 Å². The first-order valence-electron chi connectivity index (χ1n) is 8.12. The molecule has 1 amide bonds. The zero-order valence-corrected chi connectivity index (χ0v) is 13.5. The number of anilines is 1. The van der Waals surface area contributed by atoms with Crippen LogP contribution in [0.3, 0.4) is 0 Å². The Hall–Kier alpha value is -2.05. The van der Waals surface area contributed by atoms with E-state index >= 15 is 0 Å². The minimum absolute atomic E-state index is 0.0958. The average molecular weight is 339 g/mol. The number of nitrogens with zero attached hydrogens (tertiary/aromatic N) is 3. The normalized spacial score (nSPS) is 21.8. The molecule has 7 heteroatoms. The van der Waals surface area contributed by atoms with Crippen molar-refractivity contribution in [3.63, 3.8) is 0 Å². The summed E-state index contributed by atoms with van der Waals surface area (Å²) < 4.78 is 38.6. The van der Waals surface area contributed by atoms with E-state index in [0.717, 1.165) is 24.4 Å². The fraction of sp³-hybridized carbons (Fsp3) is 0.529. The molecule has 0 saturated carbocycles. The van der Waals surface area contributed by atoms with E-state index in [4.69, 9.17) is 0 Å². The van der Waals surface area contributed by atoms with Crippen molar-refractivity contribution in [1.29, 1.82) is 0 Å². The van der Waals surface area contributed by atoms with Crippen molar-refractivity contribution in [2.24, 2.45) is 11.0 Å². The SMILES string of the molecule is CC1=NN(c2ccc(C(=O)N3CCC[C@H](C(F)(F)F)C3)cc2)CC1. The summed E-state index contributed by atoms with van der Waals surface area (Å²) >= 11 is 0. The molecule has 0 N–H and O–H groups in total. The van der Waals surface area contributed by atoms with Gasteiger partial charge in [0.05, 0.1) is 11.6 Å². The molecule has 1 aromatic carbocycles. The summed E-state index contributed by atoms with van der Waals surface area (Å²) in [4.78, 5) is 13.8. The summed E-state index contributed by atoms with van der Waals surface area (Å²) in [6.07, 6.45) is -2.85. The molecule has 130 valence electrons. The number of hydrazone groups is 1. The highest BCUT2D eigenvalue weighted by Crippen LogP contribution is 2.33. The second-order valence-corrected chi connectivity index (χ2v) is 6.39. The van der Waals surface area contributed by atoms with Gasteiger partial charge >= 0.3 is 6.18 Å². The van der Waals surface area contributed by atoms with Crippen LogP contribution in [0, 0.1) is 5.92 Å². The maximum atomic E-state index is 12.9. The number of benzene rings is 1. The molecule has 24 heavy (non-hydrogen) atoms. The number of hydrogen-bond donors (Lipinski definition) is 0. The maximum absolute atomic E-state index is 12.9. The molecule has 3 rings (SSSR count). The fourth-order valence-corrected chi connectivity index (χ4v) is 3.15. The van der Waals surface area contributed by atoms with Crippen molar-refractivity contribution in [1.82, 2.24) is 4.90 Å². The molecule has 1 aromatic rings. The Morgan fingerprint density at radius 1 is 1.21 bits per heavy atom. The Kier molecular flexibility index (Phi) is 4.51. The van der Waals surface area contributed by atoms with Gasteiger partial charge in [0, 0.05) is 37.3 Å². The third-order valence-electron chi connectivity index (χ3n) is 4.56. The van der Waals surface area contributed by atoms with Gasteiger partial charge in [-0.25, -0.2) is 0 Å². The van der Waals surface area contributed by atoms with Crippen molar-refractivity contribution >= 4 is 17.3 Å². The van der Waals surface area contributed by atoms with Crippen LogP contribution in [0.5, 0.6) is 0 Å². The van der Waals surface area contributed by atoms with Gasteiger partial charge in [-0.05, 0) is 44.0 Å². The van der Waals surface area contributed by atoms with Crippen molar-refractivity contribution in [2.75, 3.05) is 24.6 Å². The van der Waals surface area contributed by atoms with Gasteiger partial charge < -0.3 is 4.90 Å². The van der Waals surface area contributed by atoms with Crippen LogP contribution in [0.1, 0.15) is 36.5 Å². The lowest BCUT2D eigenvalue weighted by atomic mass is 9.97. The number of piperidine rings is 1. The van der Waals surface area contributed by atoms with Gasteiger partial charge in [0.15, 0.2) is 0 Å². The highest BCUT2D eigenvalue weighted by atomic mass is 19.4. The van der Waals surface area contributed by atoms with Crippen LogP contribution in [-0.2, 0) is 0 Å². The topological polar surface area (TPSA) is 35.9 Å². The van der Waals surface area contributed by atoms with Gasteiger partial charge in [0.2, 0.25) is 0 Å². The van der Waals surface area contributed by atoms with Crippen molar-refractivity contribution in [2.45, 2.75) is 32.4 Å². The monoisotopic (exact) mass is 339 g/mol. The second kappa shape index (κ2) is 6.45. The Bertz CT molecular complexity index is 639. The van der Waals surface area contributed by atoms with Gasteiger partial charge in [-0.1, -0.05) is 0 Å². The molecular weight excluding hydrogens is 319 g/mol. The van der Waals surface area contributed by atoms with Crippen molar-refractivity contribution in [3.05, 3.63) is 29.8 Å². The van der Waals surface area contributed by atoms with E-state index < -0.39 is 12.1 Å². The van der Waals surface area contributed by atoms with E-state index in [1.165, 1.54) is 4.90 Å². The first kappa shape index (κ1) is 16.8. The molecule has 1 saturated heterocycles. The molecule has 2 heterocycles. The predicted octanol–water partition coefficient (Wildman–Crippen LogP) is 3.69. The first-order chi connectivity index (χ1) is 11.3. The summed E-state index contributed by atoms with van der Waals surface area (Å²) in [5.74, 6) is -1.76. The number of alkyl halides is 3. The molecule has 0 aromatic heterocycles. The molecule has 0 aliphatic carbocycles. The van der Waals surface area contributed by atoms with Crippen molar-refractivity contribution < 1.29 is 18.0 Å². The average Bonchev–Trinajstić information content (AvgIpc) is 3.00. The largest absolute Gasteiger partial charge is 0.393 e. The van der Waals surface area contributed by atoms with Gasteiger partial charge in [-0.2, -0.15) is 18.3 Å². The third kappa shape index (κ3) is 3.55. The van der Waals surface area contributed by atoms with Gasteiger partial charge in [0.1, 0.15) is 0 Å². The molecule has 2 aliphatic heterocycles. The first-order valence-corrected chi connectivity index (χ1v) is 8.12. The molecule has 0 radical (unpaired) electrons. The molecular formula is C17H20F3N3O. The summed E-state index contributed by atoms with van der Waals surface area (Å²) in [5.41, 5.74) is 2.36. The molecule has 0 unspecified atom stereocenters. The van der Waals surface area contributed by atoms with Crippen LogP contribution < -0.4 is 5.01 Å². The summed E-state index contributed by atoms with van der Waals surface area (Å²) in [6, 6.07) is 6.91. The van der Waals surface area contributed by atoms with Crippen LogP contribution in [-0.4, -0.2) is 42.3 Å². The summed E-state index contributed by atoms with van der Waals surface area (Å²) in [6.45, 7) is 2.90. The van der Waals surface area contributed by atoms with E-state index in [1.807, 2.05) is 11.9 Å². The van der Waals surface area contributed by atoms with Crippen LogP contribution >= 0.6 is 0 Å². The standard InChI is InChI=1S/C17H20F3N3O/c1-12-8-10-23(21-12)15-6-4-13(5-7-15)16(24)22-9-2-3-14(11-22)17(18,19)20/h4-7,14H,2-3,8-11H2,1H3/t14-/m0/s1. The highest BCUT2D eigenvalue weighted by molar-refractivity contribution is 5.94. The number of amides is 1. The number of hydrogen-bond acceptors (Lipinski definition) is 3. The van der Waals surface area contributed by atoms with E-state index in [9.17, 15) is 18.0 Å². The molecule has 0 spiro atoms. The number of carbonyl (C=O) groups excluding carboxylic acids is 1. The predicted molar refractivity (Wildman–Crippen MR) is 86.2 cm³/mol. The Morgan fingerprint density at radius 2 is 1.92 bits per heavy atom. The zero-order chi connectivity index (χ0) is 17.3. The van der Waals surface area contributed by atoms with Crippen LogP contribution in [0.25, 0.3) is 0 Å². The lowest BCUT2D eigenvalue weighted by molar-refractivity contribution is -0.184. The highest BCUT2D eigenvalue weighted by Gasteiger charge is 2.42. The van der Waals surface area contributed by atoms with E-state index in [2.05, 4.69) is 5.10 Å². The number of carbonyl (C=O) groups is 1. The Morgan fingerprint density at radius 3 is 2.50 bits per heavy atom. The van der Waals surface area contributed by atoms with Crippen molar-refractivity contribution in [3.8, 4) is 0 Å². The van der Waals surface area contributed by atoms with E-state index in [-0.39, 0.29) is 18.9 Å². The molecule has 1 atom stereocenters. The Balaban J connectivity index is 1.69. The number of likely N-dealkylation sites (tertiary alicyclic amines) is 1. The Labute approximate surface area is 138 Å². The third-order valence-corrected chi connectivity index (χ3v) is 4.56. The molecule has 2 aliphatic rings. The quantitative estimate of drug-likeness (QED) is 0.824. The number of halogens is 3. The summed E-state index contributed by atoms with van der Waals surface area (Å²) in [7, 11) is 0. The smallest absolute Gasteiger partial charge is 0.338 e. The van der Waals surface area contributed by atoms with Gasteiger partial charge in [-0.15, -0.1) is 0 Å². The molecule has 4 nitrogen and oxygen atoms in total. The lowest BCUT2D eigenvalue weighted by Gasteiger charge is -2.33. The minimum atomic E-state index is -4.24. The van der Waals surface area contributed by atoms with Gasteiger partial charge in [-0.3, -0.25) is 9.80 Å². The molecule has 1 fully saturated rings. The van der Waals surface area contributed by atoms with Gasteiger partial charge in [0.25, 0.3) is 5.91 Å². The van der Waals surface area contributed by atoms with Crippen LogP contribution in [0.15, 0.2) is 29.4 Å². The zero-order valence-electron chi connectivity index (χ0n) is 13.5. The minimum Gasteiger partial charge on any atom is -0.338 e. The number of rotatable bonds is 2. The lowest BCUT2D eigenvalue weighted by Crippen LogP contribution is -2.44. The van der Waals surface area contributed by atoms with Crippen LogP contribution in [0.4, 0.5) is 18.9 Å². The van der Waals surface area contributed by atoms with Crippen LogP contribution in [0.2, 0.25) is 0 Å².